The second-order valence-electron chi connectivity index (χ2n) is 4.66. The fourth-order valence-corrected chi connectivity index (χ4v) is 2.09. The topological polar surface area (TPSA) is 69.6 Å². The number of amides is 2. The van der Waals surface area contributed by atoms with Gasteiger partial charge >= 0.3 is 12.0 Å². The minimum Gasteiger partial charge on any atom is -0.481 e. The highest BCUT2D eigenvalue weighted by Gasteiger charge is 2.37. The average Bonchev–Trinajstić information content (AvgIpc) is 1.97. The Bertz CT molecular complexity index is 280. The van der Waals surface area contributed by atoms with Gasteiger partial charge in [-0.15, -0.1) is 0 Å². The predicted octanol–water partition coefficient (Wildman–Crippen LogP) is 0.511. The summed E-state index contributed by atoms with van der Waals surface area (Å²) in [6.07, 6.45) is 2.09. The van der Waals surface area contributed by atoms with Crippen molar-refractivity contribution in [1.82, 2.24) is 10.2 Å². The van der Waals surface area contributed by atoms with Crippen LogP contribution in [-0.2, 0) is 4.79 Å². The van der Waals surface area contributed by atoms with Crippen LogP contribution in [-0.4, -0.2) is 41.1 Å². The lowest BCUT2D eigenvalue weighted by atomic mass is 9.82. The summed E-state index contributed by atoms with van der Waals surface area (Å²) in [6, 6.07) is 0.195. The van der Waals surface area contributed by atoms with Gasteiger partial charge in [-0.2, -0.15) is 0 Å². The zero-order valence-electron chi connectivity index (χ0n) is 8.77. The minimum absolute atomic E-state index is 0.107. The first-order valence-corrected chi connectivity index (χ1v) is 5.34. The molecule has 0 spiro atoms. The number of carboxylic acid groups (broad SMARTS) is 1. The maximum Gasteiger partial charge on any atom is 0.317 e. The van der Waals surface area contributed by atoms with E-state index >= 15 is 0 Å². The summed E-state index contributed by atoms with van der Waals surface area (Å²) < 4.78 is 0. The average molecular weight is 212 g/mol. The second-order valence-corrected chi connectivity index (χ2v) is 4.66. The summed E-state index contributed by atoms with van der Waals surface area (Å²) in [5.41, 5.74) is 0. The molecular weight excluding hydrogens is 196 g/mol. The van der Waals surface area contributed by atoms with Crippen LogP contribution in [0.4, 0.5) is 4.79 Å². The number of carbonyl (C=O) groups is 2. The molecule has 5 nitrogen and oxygen atoms in total. The van der Waals surface area contributed by atoms with Gasteiger partial charge in [0, 0.05) is 19.1 Å². The smallest absolute Gasteiger partial charge is 0.317 e. The first-order chi connectivity index (χ1) is 7.06. The van der Waals surface area contributed by atoms with Crippen molar-refractivity contribution in [3.8, 4) is 0 Å². The first-order valence-electron chi connectivity index (χ1n) is 5.34. The van der Waals surface area contributed by atoms with E-state index in [9.17, 15) is 9.59 Å². The number of carbonyl (C=O) groups excluding carboxylic acids is 1. The second kappa shape index (κ2) is 3.72. The van der Waals surface area contributed by atoms with Crippen LogP contribution in [0.15, 0.2) is 0 Å². The van der Waals surface area contributed by atoms with Gasteiger partial charge in [-0.25, -0.2) is 4.79 Å². The summed E-state index contributed by atoms with van der Waals surface area (Å²) in [4.78, 5) is 23.6. The summed E-state index contributed by atoms with van der Waals surface area (Å²) in [6.45, 7) is 2.86. The Kier molecular flexibility index (Phi) is 2.54. The molecule has 0 aromatic heterocycles. The van der Waals surface area contributed by atoms with Crippen LogP contribution in [0.25, 0.3) is 0 Å². The van der Waals surface area contributed by atoms with Gasteiger partial charge in [-0.3, -0.25) is 4.79 Å². The fraction of sp³-hybridized carbons (Fsp3) is 0.800. The molecule has 0 radical (unpaired) electrons. The van der Waals surface area contributed by atoms with Crippen molar-refractivity contribution in [3.05, 3.63) is 0 Å². The molecule has 15 heavy (non-hydrogen) atoms. The molecule has 2 aliphatic rings. The molecule has 0 aromatic rings. The zero-order valence-corrected chi connectivity index (χ0v) is 8.77. The van der Waals surface area contributed by atoms with Crippen LogP contribution in [0.1, 0.15) is 19.8 Å². The Hall–Kier alpha value is -1.26. The van der Waals surface area contributed by atoms with Crippen molar-refractivity contribution >= 4 is 12.0 Å². The normalized spacial score (nSPS) is 30.3. The van der Waals surface area contributed by atoms with Crippen molar-refractivity contribution in [2.75, 3.05) is 13.1 Å². The number of carboxylic acids is 1. The molecule has 0 unspecified atom stereocenters. The molecule has 5 heteroatoms. The molecule has 0 atom stereocenters. The molecule has 0 aromatic carbocycles. The van der Waals surface area contributed by atoms with Crippen molar-refractivity contribution in [2.45, 2.75) is 25.8 Å². The lowest BCUT2D eigenvalue weighted by Gasteiger charge is -2.40. The number of nitrogens with one attached hydrogen (secondary N) is 1. The van der Waals surface area contributed by atoms with E-state index in [2.05, 4.69) is 12.2 Å². The van der Waals surface area contributed by atoms with E-state index < -0.39 is 5.97 Å². The number of nitrogens with zero attached hydrogens (tertiary/aromatic N) is 1. The van der Waals surface area contributed by atoms with Gasteiger partial charge < -0.3 is 15.3 Å². The van der Waals surface area contributed by atoms with Crippen molar-refractivity contribution in [2.24, 2.45) is 11.8 Å². The summed E-state index contributed by atoms with van der Waals surface area (Å²) in [7, 11) is 0. The molecule has 0 bridgehead atoms. The molecule has 1 heterocycles. The largest absolute Gasteiger partial charge is 0.481 e. The van der Waals surface area contributed by atoms with Gasteiger partial charge in [-0.05, 0) is 18.8 Å². The highest BCUT2D eigenvalue weighted by molar-refractivity contribution is 5.80. The third kappa shape index (κ3) is 2.06. The summed E-state index contributed by atoms with van der Waals surface area (Å²) >= 11 is 0. The third-order valence-corrected chi connectivity index (χ3v) is 3.22. The molecular formula is C10H16N2O3. The Morgan fingerprint density at radius 3 is 2.40 bits per heavy atom. The van der Waals surface area contributed by atoms with Crippen molar-refractivity contribution < 1.29 is 14.7 Å². The SMILES string of the molecule is CC1CC(NC(=O)N2CC(C(=O)O)C2)C1. The highest BCUT2D eigenvalue weighted by atomic mass is 16.4. The van der Waals surface area contributed by atoms with E-state index in [1.165, 1.54) is 0 Å². The molecule has 2 rings (SSSR count). The number of hydrogen-bond donors (Lipinski definition) is 2. The van der Waals surface area contributed by atoms with E-state index in [1.54, 1.807) is 4.90 Å². The Morgan fingerprint density at radius 1 is 1.33 bits per heavy atom. The minimum atomic E-state index is -0.809. The summed E-state index contributed by atoms with van der Waals surface area (Å²) in [5.74, 6) is -0.467. The van der Waals surface area contributed by atoms with Crippen LogP contribution in [0.5, 0.6) is 0 Å². The van der Waals surface area contributed by atoms with Crippen LogP contribution < -0.4 is 5.32 Å². The van der Waals surface area contributed by atoms with Gasteiger partial charge in [0.1, 0.15) is 0 Å². The fourth-order valence-electron chi connectivity index (χ4n) is 2.09. The van der Waals surface area contributed by atoms with E-state index in [1.807, 2.05) is 0 Å². The van der Waals surface area contributed by atoms with Gasteiger partial charge in [0.2, 0.25) is 0 Å². The van der Waals surface area contributed by atoms with Crippen LogP contribution in [0.2, 0.25) is 0 Å². The number of likely N-dealkylation sites (tertiary alicyclic amines) is 1. The van der Waals surface area contributed by atoms with E-state index in [-0.39, 0.29) is 11.9 Å². The molecule has 2 N–H and O–H groups in total. The van der Waals surface area contributed by atoms with E-state index in [0.717, 1.165) is 12.8 Å². The molecule has 1 aliphatic heterocycles. The third-order valence-electron chi connectivity index (χ3n) is 3.22. The molecule has 84 valence electrons. The maximum atomic E-state index is 11.5. The zero-order chi connectivity index (χ0) is 11.0. The van der Waals surface area contributed by atoms with E-state index in [4.69, 9.17) is 5.11 Å². The van der Waals surface area contributed by atoms with Crippen LogP contribution in [0.3, 0.4) is 0 Å². The standard InChI is InChI=1S/C10H16N2O3/c1-6-2-8(3-6)11-10(15)12-4-7(5-12)9(13)14/h6-8H,2-5H2,1H3,(H,11,15)(H,13,14). The number of hydrogen-bond acceptors (Lipinski definition) is 2. The number of aliphatic carboxylic acids is 1. The number of urea groups is 1. The lowest BCUT2D eigenvalue weighted by Crippen LogP contribution is -2.58. The Morgan fingerprint density at radius 2 is 1.93 bits per heavy atom. The maximum absolute atomic E-state index is 11.5. The summed E-state index contributed by atoms with van der Waals surface area (Å²) in [5, 5.41) is 11.6. The molecule has 1 saturated carbocycles. The van der Waals surface area contributed by atoms with Gasteiger partial charge in [-0.1, -0.05) is 6.92 Å². The first kappa shape index (κ1) is 10.3. The molecule has 1 saturated heterocycles. The number of rotatable bonds is 2. The highest BCUT2D eigenvalue weighted by Crippen LogP contribution is 2.27. The lowest BCUT2D eigenvalue weighted by molar-refractivity contribution is -0.146. The monoisotopic (exact) mass is 212 g/mol. The predicted molar refractivity (Wildman–Crippen MR) is 53.4 cm³/mol. The van der Waals surface area contributed by atoms with Crippen molar-refractivity contribution in [1.29, 1.82) is 0 Å². The molecule has 2 amide bonds. The molecule has 1 aliphatic carbocycles. The Labute approximate surface area is 88.4 Å². The Balaban J connectivity index is 1.68. The van der Waals surface area contributed by atoms with Gasteiger partial charge in [0.15, 0.2) is 0 Å². The van der Waals surface area contributed by atoms with Crippen molar-refractivity contribution in [3.63, 3.8) is 0 Å². The van der Waals surface area contributed by atoms with Gasteiger partial charge in [0.05, 0.1) is 5.92 Å². The molecule has 2 fully saturated rings. The quantitative estimate of drug-likeness (QED) is 0.700. The van der Waals surface area contributed by atoms with E-state index in [0.29, 0.717) is 25.0 Å². The van der Waals surface area contributed by atoms with Crippen LogP contribution >= 0.6 is 0 Å². The van der Waals surface area contributed by atoms with Crippen LogP contribution in [0, 0.1) is 11.8 Å². The van der Waals surface area contributed by atoms with Gasteiger partial charge in [0.25, 0.3) is 0 Å².